The van der Waals surface area contributed by atoms with Gasteiger partial charge >= 0.3 is 5.66 Å². The Morgan fingerprint density at radius 2 is 1.57 bits per heavy atom. The van der Waals surface area contributed by atoms with Gasteiger partial charge in [0.15, 0.2) is 0 Å². The highest BCUT2D eigenvalue weighted by Crippen LogP contribution is 2.26. The Balaban J connectivity index is 2.79. The third-order valence-electron chi connectivity index (χ3n) is 2.34. The highest BCUT2D eigenvalue weighted by atomic mass is 16.7. The predicted molar refractivity (Wildman–Crippen MR) is 43.3 cm³/mol. The Bertz CT molecular complexity index is 255. The summed E-state index contributed by atoms with van der Waals surface area (Å²) in [5.41, 5.74) is -2.14. The van der Waals surface area contributed by atoms with Crippen molar-refractivity contribution in [2.75, 3.05) is 13.1 Å². The normalized spacial score (nSPS) is 20.1. The van der Waals surface area contributed by atoms with E-state index in [1.165, 1.54) is 0 Å². The number of rotatable bonds is 3. The SMILES string of the molecule is O=NN1CCC([N+](=O)[O-])([N+](=O)[O-])CC1. The van der Waals surface area contributed by atoms with Crippen LogP contribution < -0.4 is 0 Å². The van der Waals surface area contributed by atoms with E-state index in [0.29, 0.717) is 0 Å². The fourth-order valence-corrected chi connectivity index (χ4v) is 1.37. The molecule has 14 heavy (non-hydrogen) atoms. The van der Waals surface area contributed by atoms with Crippen molar-refractivity contribution in [3.8, 4) is 0 Å². The monoisotopic (exact) mass is 204 g/mol. The average Bonchev–Trinajstić information content (AvgIpc) is 2.17. The smallest absolute Gasteiger partial charge is 0.260 e. The van der Waals surface area contributed by atoms with Gasteiger partial charge in [-0.05, 0) is 0 Å². The second kappa shape index (κ2) is 3.52. The maximum Gasteiger partial charge on any atom is 0.462 e. The van der Waals surface area contributed by atoms with Crippen LogP contribution in [0.25, 0.3) is 0 Å². The molecule has 1 saturated heterocycles. The zero-order valence-corrected chi connectivity index (χ0v) is 7.16. The maximum absolute atomic E-state index is 10.5. The number of hydrogen-bond acceptors (Lipinski definition) is 6. The summed E-state index contributed by atoms with van der Waals surface area (Å²) in [7, 11) is 0. The van der Waals surface area contributed by atoms with E-state index < -0.39 is 15.5 Å². The number of piperidine rings is 1. The Morgan fingerprint density at radius 3 is 1.86 bits per heavy atom. The molecular formula is C5H8N4O5. The molecule has 1 aliphatic rings. The highest BCUT2D eigenvalue weighted by molar-refractivity contribution is 4.76. The minimum Gasteiger partial charge on any atom is -0.260 e. The molecule has 1 heterocycles. The summed E-state index contributed by atoms with van der Waals surface area (Å²) in [6.45, 7) is -0.100. The zero-order chi connectivity index (χ0) is 10.8. The number of nitrogens with zero attached hydrogens (tertiary/aromatic N) is 4. The van der Waals surface area contributed by atoms with Gasteiger partial charge in [-0.1, -0.05) is 0 Å². The average molecular weight is 204 g/mol. The van der Waals surface area contributed by atoms with E-state index in [4.69, 9.17) is 0 Å². The molecule has 0 aliphatic carbocycles. The van der Waals surface area contributed by atoms with Crippen molar-refractivity contribution in [3.63, 3.8) is 0 Å². The van der Waals surface area contributed by atoms with Crippen molar-refractivity contribution in [1.29, 1.82) is 0 Å². The molecule has 78 valence electrons. The molecule has 0 aromatic heterocycles. The van der Waals surface area contributed by atoms with Crippen LogP contribution in [0.5, 0.6) is 0 Å². The molecule has 0 unspecified atom stereocenters. The van der Waals surface area contributed by atoms with Gasteiger partial charge in [0.05, 0.1) is 28.2 Å². The van der Waals surface area contributed by atoms with Crippen LogP contribution in [0.3, 0.4) is 0 Å². The minimum absolute atomic E-state index is 0.0501. The molecule has 0 bridgehead atoms. The molecule has 0 radical (unpaired) electrons. The van der Waals surface area contributed by atoms with Gasteiger partial charge in [0, 0.05) is 0 Å². The molecule has 1 fully saturated rings. The molecule has 9 nitrogen and oxygen atoms in total. The van der Waals surface area contributed by atoms with E-state index in [2.05, 4.69) is 5.29 Å². The summed E-state index contributed by atoms with van der Waals surface area (Å²) in [6, 6.07) is 0. The van der Waals surface area contributed by atoms with Gasteiger partial charge < -0.3 is 0 Å². The van der Waals surface area contributed by atoms with Crippen molar-refractivity contribution in [3.05, 3.63) is 25.1 Å². The highest BCUT2D eigenvalue weighted by Gasteiger charge is 2.57. The third-order valence-corrected chi connectivity index (χ3v) is 2.34. The Kier molecular flexibility index (Phi) is 2.58. The summed E-state index contributed by atoms with van der Waals surface area (Å²) in [4.78, 5) is 29.4. The maximum atomic E-state index is 10.5. The lowest BCUT2D eigenvalue weighted by Gasteiger charge is -2.26. The minimum atomic E-state index is -2.14. The van der Waals surface area contributed by atoms with Gasteiger partial charge in [0.25, 0.3) is 0 Å². The molecular weight excluding hydrogens is 196 g/mol. The largest absolute Gasteiger partial charge is 0.462 e. The van der Waals surface area contributed by atoms with Gasteiger partial charge in [-0.3, -0.25) is 25.2 Å². The van der Waals surface area contributed by atoms with Crippen molar-refractivity contribution in [2.45, 2.75) is 18.5 Å². The standard InChI is InChI=1S/C5H8N4O5/c10-6-7-3-1-5(2-4-7,8(11)12)9(13)14/h1-4H2. The fourth-order valence-electron chi connectivity index (χ4n) is 1.37. The fraction of sp³-hybridized carbons (Fsp3) is 1.00. The second-order valence-electron chi connectivity index (χ2n) is 3.03. The van der Waals surface area contributed by atoms with Crippen molar-refractivity contribution in [2.24, 2.45) is 5.29 Å². The molecule has 0 atom stereocenters. The number of nitroso groups, excluding NO2 is 1. The topological polar surface area (TPSA) is 119 Å². The lowest BCUT2D eigenvalue weighted by molar-refractivity contribution is -0.800. The van der Waals surface area contributed by atoms with E-state index in [1.807, 2.05) is 0 Å². The van der Waals surface area contributed by atoms with Gasteiger partial charge in [-0.15, -0.1) is 4.91 Å². The quantitative estimate of drug-likeness (QED) is 0.276. The zero-order valence-electron chi connectivity index (χ0n) is 7.16. The van der Waals surface area contributed by atoms with Gasteiger partial charge in [0.2, 0.25) is 0 Å². The Hall–Kier alpha value is -1.80. The van der Waals surface area contributed by atoms with E-state index in [1.54, 1.807) is 0 Å². The van der Waals surface area contributed by atoms with Crippen LogP contribution in [-0.4, -0.2) is 33.6 Å². The first kappa shape index (κ1) is 10.3. The van der Waals surface area contributed by atoms with Crippen LogP contribution in [0.4, 0.5) is 0 Å². The van der Waals surface area contributed by atoms with Crippen molar-refractivity contribution >= 4 is 0 Å². The van der Waals surface area contributed by atoms with E-state index in [-0.39, 0.29) is 25.9 Å². The van der Waals surface area contributed by atoms with Crippen LogP contribution in [0.1, 0.15) is 12.8 Å². The molecule has 0 spiro atoms. The third kappa shape index (κ3) is 1.47. The van der Waals surface area contributed by atoms with E-state index in [0.717, 1.165) is 5.01 Å². The Morgan fingerprint density at radius 1 is 1.14 bits per heavy atom. The van der Waals surface area contributed by atoms with Crippen LogP contribution in [0.2, 0.25) is 0 Å². The van der Waals surface area contributed by atoms with Crippen LogP contribution in [0, 0.1) is 25.1 Å². The first-order valence-corrected chi connectivity index (χ1v) is 3.90. The van der Waals surface area contributed by atoms with Crippen molar-refractivity contribution in [1.82, 2.24) is 5.01 Å². The van der Waals surface area contributed by atoms with E-state index >= 15 is 0 Å². The second-order valence-corrected chi connectivity index (χ2v) is 3.03. The van der Waals surface area contributed by atoms with E-state index in [9.17, 15) is 25.1 Å². The van der Waals surface area contributed by atoms with Crippen LogP contribution in [-0.2, 0) is 0 Å². The molecule has 0 aromatic rings. The Labute approximate surface area is 77.9 Å². The summed E-state index contributed by atoms with van der Waals surface area (Å²) in [5, 5.41) is 24.7. The molecule has 1 aliphatic heterocycles. The molecule has 0 N–H and O–H groups in total. The lowest BCUT2D eigenvalue weighted by atomic mass is 9.99. The molecule has 0 saturated carbocycles. The molecule has 9 heteroatoms. The summed E-state index contributed by atoms with van der Waals surface area (Å²) < 4.78 is 0. The lowest BCUT2D eigenvalue weighted by Crippen LogP contribution is -2.53. The summed E-state index contributed by atoms with van der Waals surface area (Å²) in [5.74, 6) is 0. The molecule has 0 aromatic carbocycles. The number of hydrogen-bond donors (Lipinski definition) is 0. The molecule has 1 rings (SSSR count). The van der Waals surface area contributed by atoms with Crippen LogP contribution >= 0.6 is 0 Å². The van der Waals surface area contributed by atoms with Gasteiger partial charge in [0.1, 0.15) is 12.8 Å². The van der Waals surface area contributed by atoms with Gasteiger partial charge in [-0.2, -0.15) is 0 Å². The first-order chi connectivity index (χ1) is 6.53. The van der Waals surface area contributed by atoms with Crippen molar-refractivity contribution < 1.29 is 9.85 Å². The number of nitro groups is 2. The van der Waals surface area contributed by atoms with Gasteiger partial charge in [-0.25, -0.2) is 0 Å². The molecule has 0 amide bonds. The first-order valence-electron chi connectivity index (χ1n) is 3.90. The van der Waals surface area contributed by atoms with Crippen LogP contribution in [0.15, 0.2) is 5.29 Å². The summed E-state index contributed by atoms with van der Waals surface area (Å²) in [6.07, 6.45) is -0.586. The summed E-state index contributed by atoms with van der Waals surface area (Å²) >= 11 is 0. The predicted octanol–water partition coefficient (Wildman–Crippen LogP) is 0.0133.